The van der Waals surface area contributed by atoms with Gasteiger partial charge in [-0.3, -0.25) is 4.79 Å². The highest BCUT2D eigenvalue weighted by Gasteiger charge is 2.27. The zero-order valence-corrected chi connectivity index (χ0v) is 10.1. The number of aliphatic hydroxyl groups excluding tert-OH is 1. The number of amides is 1. The third-order valence-corrected chi connectivity index (χ3v) is 2.96. The lowest BCUT2D eigenvalue weighted by molar-refractivity contribution is -0.124. The van der Waals surface area contributed by atoms with Crippen LogP contribution in [0.2, 0.25) is 0 Å². The fourth-order valence-electron chi connectivity index (χ4n) is 1.51. The van der Waals surface area contributed by atoms with Crippen LogP contribution >= 0.6 is 0 Å². The maximum Gasteiger partial charge on any atom is 0.244 e. The Balaban J connectivity index is 2.00. The average molecular weight is 238 g/mol. The zero-order valence-electron chi connectivity index (χ0n) is 10.1. The van der Waals surface area contributed by atoms with Gasteiger partial charge in [0.05, 0.1) is 12.3 Å². The standard InChI is InChI=1S/C11H18N4O2/c1-3-10(16)9-6-15(14-13-9)7(2)11(17)12-8-4-5-8/h6-8,10,16H,3-5H2,1-2H3,(H,12,17). The molecule has 1 aliphatic carbocycles. The van der Waals surface area contributed by atoms with E-state index in [2.05, 4.69) is 15.6 Å². The van der Waals surface area contributed by atoms with E-state index in [9.17, 15) is 9.90 Å². The van der Waals surface area contributed by atoms with Gasteiger partial charge in [-0.25, -0.2) is 4.68 Å². The quantitative estimate of drug-likeness (QED) is 0.785. The molecule has 1 saturated carbocycles. The molecule has 2 rings (SSSR count). The first-order valence-electron chi connectivity index (χ1n) is 6.02. The summed E-state index contributed by atoms with van der Waals surface area (Å²) >= 11 is 0. The highest BCUT2D eigenvalue weighted by atomic mass is 16.3. The Morgan fingerprint density at radius 2 is 2.41 bits per heavy atom. The number of hydrogen-bond acceptors (Lipinski definition) is 4. The zero-order chi connectivity index (χ0) is 12.4. The summed E-state index contributed by atoms with van der Waals surface area (Å²) in [6.07, 6.45) is 3.74. The van der Waals surface area contributed by atoms with Gasteiger partial charge >= 0.3 is 0 Å². The molecule has 2 atom stereocenters. The van der Waals surface area contributed by atoms with Gasteiger partial charge in [-0.05, 0) is 26.2 Å². The smallest absolute Gasteiger partial charge is 0.244 e. The Hall–Kier alpha value is -1.43. The van der Waals surface area contributed by atoms with Gasteiger partial charge in [-0.1, -0.05) is 12.1 Å². The van der Waals surface area contributed by atoms with Crippen molar-refractivity contribution in [3.05, 3.63) is 11.9 Å². The molecule has 1 heterocycles. The molecule has 17 heavy (non-hydrogen) atoms. The summed E-state index contributed by atoms with van der Waals surface area (Å²) in [6.45, 7) is 3.64. The third-order valence-electron chi connectivity index (χ3n) is 2.96. The first-order chi connectivity index (χ1) is 8.11. The number of carbonyl (C=O) groups excluding carboxylic acids is 1. The maximum atomic E-state index is 11.8. The van der Waals surface area contributed by atoms with Gasteiger partial charge in [0.2, 0.25) is 5.91 Å². The summed E-state index contributed by atoms with van der Waals surface area (Å²) < 4.78 is 1.49. The van der Waals surface area contributed by atoms with E-state index in [-0.39, 0.29) is 11.9 Å². The molecule has 0 radical (unpaired) electrons. The summed E-state index contributed by atoms with van der Waals surface area (Å²) in [5.74, 6) is -0.0464. The second-order valence-electron chi connectivity index (χ2n) is 4.51. The number of hydrogen-bond donors (Lipinski definition) is 2. The summed E-state index contributed by atoms with van der Waals surface area (Å²) in [6, 6.07) is -0.0462. The van der Waals surface area contributed by atoms with Gasteiger partial charge in [0, 0.05) is 6.04 Å². The molecule has 0 aliphatic heterocycles. The molecule has 94 valence electrons. The highest BCUT2D eigenvalue weighted by Crippen LogP contribution is 2.20. The number of aromatic nitrogens is 3. The van der Waals surface area contributed by atoms with E-state index in [1.165, 1.54) is 4.68 Å². The molecule has 1 amide bonds. The molecule has 2 N–H and O–H groups in total. The predicted octanol–water partition coefficient (Wildman–Crippen LogP) is 0.561. The van der Waals surface area contributed by atoms with Crippen LogP contribution in [-0.2, 0) is 4.79 Å². The van der Waals surface area contributed by atoms with Crippen molar-refractivity contribution in [3.8, 4) is 0 Å². The van der Waals surface area contributed by atoms with Crippen LogP contribution in [0.5, 0.6) is 0 Å². The second-order valence-corrected chi connectivity index (χ2v) is 4.51. The molecule has 0 saturated heterocycles. The van der Waals surface area contributed by atoms with Crippen molar-refractivity contribution in [1.29, 1.82) is 0 Å². The highest BCUT2D eigenvalue weighted by molar-refractivity contribution is 5.80. The Kier molecular flexibility index (Phi) is 3.42. The molecule has 6 nitrogen and oxygen atoms in total. The van der Waals surface area contributed by atoms with Crippen LogP contribution in [0.1, 0.15) is 50.9 Å². The number of nitrogens with one attached hydrogen (secondary N) is 1. The van der Waals surface area contributed by atoms with Crippen molar-refractivity contribution in [3.63, 3.8) is 0 Å². The van der Waals surface area contributed by atoms with E-state index >= 15 is 0 Å². The summed E-state index contributed by atoms with van der Waals surface area (Å²) in [7, 11) is 0. The molecule has 1 fully saturated rings. The third kappa shape index (κ3) is 2.82. The Labute approximate surface area is 100 Å². The molecular formula is C11H18N4O2. The largest absolute Gasteiger partial charge is 0.387 e. The van der Waals surface area contributed by atoms with Crippen LogP contribution in [0.15, 0.2) is 6.20 Å². The van der Waals surface area contributed by atoms with Gasteiger partial charge in [-0.2, -0.15) is 0 Å². The topological polar surface area (TPSA) is 80.0 Å². The van der Waals surface area contributed by atoms with Gasteiger partial charge in [-0.15, -0.1) is 5.10 Å². The van der Waals surface area contributed by atoms with E-state index < -0.39 is 6.10 Å². The van der Waals surface area contributed by atoms with Crippen molar-refractivity contribution in [2.24, 2.45) is 0 Å². The first-order valence-corrected chi connectivity index (χ1v) is 6.02. The molecule has 1 aliphatic rings. The Morgan fingerprint density at radius 1 is 1.71 bits per heavy atom. The summed E-state index contributed by atoms with van der Waals surface area (Å²) in [5, 5.41) is 20.3. The van der Waals surface area contributed by atoms with Crippen molar-refractivity contribution in [1.82, 2.24) is 20.3 Å². The van der Waals surface area contributed by atoms with Crippen LogP contribution in [0.25, 0.3) is 0 Å². The number of nitrogens with zero attached hydrogens (tertiary/aromatic N) is 3. The molecular weight excluding hydrogens is 220 g/mol. The Morgan fingerprint density at radius 3 is 3.00 bits per heavy atom. The molecule has 6 heteroatoms. The van der Waals surface area contributed by atoms with Gasteiger partial charge in [0.25, 0.3) is 0 Å². The molecule has 2 unspecified atom stereocenters. The lowest BCUT2D eigenvalue weighted by Crippen LogP contribution is -2.32. The monoisotopic (exact) mass is 238 g/mol. The minimum absolute atomic E-state index is 0.0464. The van der Waals surface area contributed by atoms with Crippen molar-refractivity contribution in [2.45, 2.75) is 51.3 Å². The minimum atomic E-state index is -0.609. The molecule has 1 aromatic rings. The normalized spacial score (nSPS) is 18.8. The molecule has 0 bridgehead atoms. The molecule has 1 aromatic heterocycles. The summed E-state index contributed by atoms with van der Waals surface area (Å²) in [5.41, 5.74) is 0.513. The minimum Gasteiger partial charge on any atom is -0.387 e. The predicted molar refractivity (Wildman–Crippen MR) is 61.1 cm³/mol. The van der Waals surface area contributed by atoms with Gasteiger partial charge < -0.3 is 10.4 Å². The average Bonchev–Trinajstić information content (AvgIpc) is 3.00. The van der Waals surface area contributed by atoms with Crippen LogP contribution in [0.4, 0.5) is 0 Å². The van der Waals surface area contributed by atoms with Crippen molar-refractivity contribution in [2.75, 3.05) is 0 Å². The van der Waals surface area contributed by atoms with Crippen LogP contribution in [-0.4, -0.2) is 32.0 Å². The molecule has 0 aromatic carbocycles. The van der Waals surface area contributed by atoms with E-state index in [0.29, 0.717) is 18.2 Å². The summed E-state index contributed by atoms with van der Waals surface area (Å²) in [4.78, 5) is 11.8. The SMILES string of the molecule is CCC(O)c1cn(C(C)C(=O)NC2CC2)nn1. The van der Waals surface area contributed by atoms with Gasteiger partial charge in [0.1, 0.15) is 11.7 Å². The second kappa shape index (κ2) is 4.83. The van der Waals surface area contributed by atoms with E-state index in [1.807, 2.05) is 6.92 Å². The van der Waals surface area contributed by atoms with E-state index in [4.69, 9.17) is 0 Å². The van der Waals surface area contributed by atoms with Crippen molar-refractivity contribution >= 4 is 5.91 Å². The van der Waals surface area contributed by atoms with Crippen LogP contribution in [0, 0.1) is 0 Å². The van der Waals surface area contributed by atoms with Gasteiger partial charge in [0.15, 0.2) is 0 Å². The number of rotatable bonds is 5. The lowest BCUT2D eigenvalue weighted by atomic mass is 10.2. The number of aliphatic hydroxyl groups is 1. The van der Waals surface area contributed by atoms with Crippen LogP contribution < -0.4 is 5.32 Å². The first kappa shape index (κ1) is 12.0. The molecule has 0 spiro atoms. The van der Waals surface area contributed by atoms with E-state index in [0.717, 1.165) is 12.8 Å². The fourth-order valence-corrected chi connectivity index (χ4v) is 1.51. The fraction of sp³-hybridized carbons (Fsp3) is 0.727. The van der Waals surface area contributed by atoms with E-state index in [1.54, 1.807) is 13.1 Å². The number of carbonyl (C=O) groups is 1. The maximum absolute atomic E-state index is 11.8. The van der Waals surface area contributed by atoms with Crippen LogP contribution in [0.3, 0.4) is 0 Å². The lowest BCUT2D eigenvalue weighted by Gasteiger charge is -2.11. The Bertz CT molecular complexity index is 400. The van der Waals surface area contributed by atoms with Crippen molar-refractivity contribution < 1.29 is 9.90 Å².